The zero-order valence-corrected chi connectivity index (χ0v) is 12.1. The third-order valence-corrected chi connectivity index (χ3v) is 3.53. The van der Waals surface area contributed by atoms with Crippen molar-refractivity contribution in [2.75, 3.05) is 5.75 Å². The number of Topliss-reactive ketones (excluding diaryl/α,β-unsaturated/α-hetero) is 1. The Hall–Kier alpha value is -0.720. The lowest BCUT2D eigenvalue weighted by Crippen LogP contribution is -1.98. The van der Waals surface area contributed by atoms with E-state index < -0.39 is 0 Å². The topological polar surface area (TPSA) is 17.1 Å². The zero-order valence-electron chi connectivity index (χ0n) is 11.2. The summed E-state index contributed by atoms with van der Waals surface area (Å²) < 4.78 is 0. The molecule has 1 aliphatic rings. The normalized spacial score (nSPS) is 13.1. The largest absolute Gasteiger partial charge is 0.293 e. The number of carbonyl (C=O) groups excluding carboxylic acids is 1. The Balaban J connectivity index is 1.88. The molecule has 100 valence electrons. The monoisotopic (exact) mass is 264 g/mol. The van der Waals surface area contributed by atoms with Gasteiger partial charge in [0.05, 0.1) is 5.57 Å². The van der Waals surface area contributed by atoms with Gasteiger partial charge in [-0.2, -0.15) is 12.6 Å². The first kappa shape index (κ1) is 15.3. The Morgan fingerprint density at radius 3 is 2.17 bits per heavy atom. The van der Waals surface area contributed by atoms with Crippen molar-refractivity contribution in [1.82, 2.24) is 0 Å². The molecule has 0 bridgehead atoms. The van der Waals surface area contributed by atoms with Crippen LogP contribution < -0.4 is 0 Å². The average Bonchev–Trinajstić information content (AvgIpc) is 2.90. The van der Waals surface area contributed by atoms with Crippen molar-refractivity contribution in [3.8, 4) is 0 Å². The fourth-order valence-electron chi connectivity index (χ4n) is 2.10. The van der Waals surface area contributed by atoms with Gasteiger partial charge in [0, 0.05) is 6.42 Å². The molecule has 0 aromatic heterocycles. The zero-order chi connectivity index (χ0) is 13.1. The van der Waals surface area contributed by atoms with E-state index in [0.717, 1.165) is 17.7 Å². The summed E-state index contributed by atoms with van der Waals surface area (Å²) in [6, 6.07) is 0. The molecule has 0 saturated carbocycles. The van der Waals surface area contributed by atoms with E-state index in [1.807, 2.05) is 12.2 Å². The van der Waals surface area contributed by atoms with Crippen LogP contribution in [0.5, 0.6) is 0 Å². The maximum absolute atomic E-state index is 11.7. The molecule has 0 aliphatic heterocycles. The van der Waals surface area contributed by atoms with E-state index in [0.29, 0.717) is 6.42 Å². The third-order valence-electron chi connectivity index (χ3n) is 3.21. The number of carbonyl (C=O) groups is 1. The number of hydrogen-bond acceptors (Lipinski definition) is 2. The molecular formula is C16H24OS. The van der Waals surface area contributed by atoms with Crippen LogP contribution in [0.3, 0.4) is 0 Å². The first-order valence-corrected chi connectivity index (χ1v) is 7.75. The van der Waals surface area contributed by atoms with Crippen molar-refractivity contribution in [3.05, 3.63) is 29.5 Å². The van der Waals surface area contributed by atoms with Crippen LogP contribution >= 0.6 is 12.6 Å². The molecule has 0 radical (unpaired) electrons. The van der Waals surface area contributed by atoms with Gasteiger partial charge in [0.1, 0.15) is 0 Å². The van der Waals surface area contributed by atoms with Crippen LogP contribution in [-0.4, -0.2) is 11.5 Å². The van der Waals surface area contributed by atoms with E-state index in [9.17, 15) is 4.79 Å². The average molecular weight is 264 g/mol. The highest BCUT2D eigenvalue weighted by Crippen LogP contribution is 2.12. The molecule has 1 aliphatic carbocycles. The van der Waals surface area contributed by atoms with E-state index >= 15 is 0 Å². The maximum atomic E-state index is 11.7. The molecule has 0 heterocycles. The summed E-state index contributed by atoms with van der Waals surface area (Å²) in [6.45, 7) is 0. The van der Waals surface area contributed by atoms with E-state index in [1.165, 1.54) is 44.9 Å². The number of rotatable bonds is 11. The second-order valence-corrected chi connectivity index (χ2v) is 5.26. The molecule has 0 N–H and O–H groups in total. The van der Waals surface area contributed by atoms with Crippen LogP contribution in [0.4, 0.5) is 0 Å². The van der Waals surface area contributed by atoms with Crippen molar-refractivity contribution in [2.24, 2.45) is 0 Å². The highest BCUT2D eigenvalue weighted by Gasteiger charge is 2.06. The standard InChI is InChI=1S/C16H24OS/c17-16(15-11-8-9-12-15)13-7-5-3-1-2-4-6-10-14-18/h8-9,11,18H,1-7,10,13-14H2. The van der Waals surface area contributed by atoms with Crippen LogP contribution in [0.25, 0.3) is 0 Å². The predicted molar refractivity (Wildman–Crippen MR) is 81.1 cm³/mol. The summed E-state index contributed by atoms with van der Waals surface area (Å²) in [5, 5.41) is 0. The van der Waals surface area contributed by atoms with Crippen LogP contribution in [-0.2, 0) is 4.79 Å². The van der Waals surface area contributed by atoms with Crippen LogP contribution in [0.2, 0.25) is 0 Å². The first-order chi connectivity index (χ1) is 8.84. The van der Waals surface area contributed by atoms with Crippen LogP contribution in [0.15, 0.2) is 29.5 Å². The Bertz CT molecular complexity index is 335. The molecule has 0 spiro atoms. The summed E-state index contributed by atoms with van der Waals surface area (Å²) in [4.78, 5) is 11.7. The Morgan fingerprint density at radius 1 is 1.00 bits per heavy atom. The van der Waals surface area contributed by atoms with Crippen LogP contribution in [0.1, 0.15) is 57.8 Å². The summed E-state index contributed by atoms with van der Waals surface area (Å²) >= 11 is 4.20. The lowest BCUT2D eigenvalue weighted by atomic mass is 10.0. The Kier molecular flexibility index (Phi) is 8.71. The van der Waals surface area contributed by atoms with E-state index in [4.69, 9.17) is 0 Å². The fraction of sp³-hybridized carbons (Fsp3) is 0.625. The molecular weight excluding hydrogens is 240 g/mol. The molecule has 0 saturated heterocycles. The molecule has 2 heteroatoms. The third kappa shape index (κ3) is 6.88. The quantitative estimate of drug-likeness (QED) is 0.326. The van der Waals surface area contributed by atoms with Crippen molar-refractivity contribution >= 4 is 18.4 Å². The SMILES string of the molecule is O=C(CCCCCCCCCCS)C1=C=CC=C1. The molecule has 18 heavy (non-hydrogen) atoms. The Morgan fingerprint density at radius 2 is 1.61 bits per heavy atom. The lowest BCUT2D eigenvalue weighted by molar-refractivity contribution is -0.115. The van der Waals surface area contributed by atoms with E-state index in [1.54, 1.807) is 6.08 Å². The van der Waals surface area contributed by atoms with E-state index in [2.05, 4.69) is 18.4 Å². The fourth-order valence-corrected chi connectivity index (χ4v) is 2.32. The highest BCUT2D eigenvalue weighted by atomic mass is 32.1. The van der Waals surface area contributed by atoms with Gasteiger partial charge >= 0.3 is 0 Å². The minimum absolute atomic E-state index is 0.244. The molecule has 0 aromatic carbocycles. The van der Waals surface area contributed by atoms with E-state index in [-0.39, 0.29) is 5.78 Å². The second-order valence-electron chi connectivity index (χ2n) is 4.81. The highest BCUT2D eigenvalue weighted by molar-refractivity contribution is 7.80. The van der Waals surface area contributed by atoms with Gasteiger partial charge in [-0.15, -0.1) is 5.73 Å². The van der Waals surface area contributed by atoms with Gasteiger partial charge in [-0.05, 0) is 30.7 Å². The summed E-state index contributed by atoms with van der Waals surface area (Å²) in [6.07, 6.45) is 16.2. The van der Waals surface area contributed by atoms with Gasteiger partial charge in [0.25, 0.3) is 0 Å². The van der Waals surface area contributed by atoms with Crippen molar-refractivity contribution in [1.29, 1.82) is 0 Å². The summed E-state index contributed by atoms with van der Waals surface area (Å²) in [5.74, 6) is 1.26. The minimum Gasteiger partial charge on any atom is -0.293 e. The maximum Gasteiger partial charge on any atom is 0.170 e. The minimum atomic E-state index is 0.244. The molecule has 0 aromatic rings. The molecule has 0 fully saturated rings. The second kappa shape index (κ2) is 10.2. The number of ketones is 1. The van der Waals surface area contributed by atoms with Gasteiger partial charge in [0.2, 0.25) is 0 Å². The molecule has 0 atom stereocenters. The first-order valence-electron chi connectivity index (χ1n) is 7.12. The van der Waals surface area contributed by atoms with Crippen LogP contribution in [0, 0.1) is 0 Å². The molecule has 1 nitrogen and oxygen atoms in total. The number of thiol groups is 1. The Labute approximate surface area is 116 Å². The summed E-state index contributed by atoms with van der Waals surface area (Å²) in [5.41, 5.74) is 3.71. The smallest absolute Gasteiger partial charge is 0.170 e. The van der Waals surface area contributed by atoms with Crippen molar-refractivity contribution in [3.63, 3.8) is 0 Å². The van der Waals surface area contributed by atoms with Gasteiger partial charge in [-0.1, -0.05) is 44.6 Å². The number of unbranched alkanes of at least 4 members (excludes halogenated alkanes) is 7. The van der Waals surface area contributed by atoms with Crippen molar-refractivity contribution < 1.29 is 4.79 Å². The van der Waals surface area contributed by atoms with Gasteiger partial charge in [-0.3, -0.25) is 4.79 Å². The molecule has 1 rings (SSSR count). The van der Waals surface area contributed by atoms with Gasteiger partial charge in [-0.25, -0.2) is 0 Å². The lowest BCUT2D eigenvalue weighted by Gasteiger charge is -2.01. The number of allylic oxidation sites excluding steroid dienone is 3. The van der Waals surface area contributed by atoms with Gasteiger partial charge < -0.3 is 0 Å². The molecule has 0 amide bonds. The summed E-state index contributed by atoms with van der Waals surface area (Å²) in [7, 11) is 0. The van der Waals surface area contributed by atoms with Crippen molar-refractivity contribution in [2.45, 2.75) is 57.8 Å². The van der Waals surface area contributed by atoms with Gasteiger partial charge in [0.15, 0.2) is 5.78 Å². The predicted octanol–water partition coefficient (Wildman–Crippen LogP) is 4.65. The number of hydrogen-bond donors (Lipinski definition) is 1. The molecule has 0 unspecified atom stereocenters.